The minimum absolute atomic E-state index is 0.00182. The van der Waals surface area contributed by atoms with Crippen molar-refractivity contribution in [2.75, 3.05) is 6.61 Å². The van der Waals surface area contributed by atoms with Crippen LogP contribution in [0, 0.1) is 5.82 Å². The van der Waals surface area contributed by atoms with Crippen LogP contribution >= 0.6 is 0 Å². The molecular formula is C29H25FN6O2. The summed E-state index contributed by atoms with van der Waals surface area (Å²) in [6.07, 6.45) is 4.66. The predicted octanol–water partition coefficient (Wildman–Crippen LogP) is 5.09. The predicted molar refractivity (Wildman–Crippen MR) is 141 cm³/mol. The Balaban J connectivity index is 1.25. The van der Waals surface area contributed by atoms with Gasteiger partial charge < -0.3 is 10.1 Å². The Morgan fingerprint density at radius 2 is 1.89 bits per heavy atom. The lowest BCUT2D eigenvalue weighted by molar-refractivity contribution is 0.0909. The molecule has 0 aliphatic heterocycles. The van der Waals surface area contributed by atoms with E-state index >= 15 is 0 Å². The molecule has 3 aromatic heterocycles. The van der Waals surface area contributed by atoms with Gasteiger partial charge >= 0.3 is 0 Å². The van der Waals surface area contributed by atoms with Crippen molar-refractivity contribution < 1.29 is 13.9 Å². The van der Waals surface area contributed by atoms with Crippen LogP contribution in [0.3, 0.4) is 0 Å². The van der Waals surface area contributed by atoms with E-state index in [1.54, 1.807) is 47.3 Å². The summed E-state index contributed by atoms with van der Waals surface area (Å²) in [4.78, 5) is 21.9. The maximum absolute atomic E-state index is 15.0. The number of hydrogen-bond donors (Lipinski definition) is 1. The quantitative estimate of drug-likeness (QED) is 0.329. The number of nitrogens with one attached hydrogen (secondary N) is 1. The molecule has 1 aliphatic carbocycles. The number of hydrogen-bond acceptors (Lipinski definition) is 6. The summed E-state index contributed by atoms with van der Waals surface area (Å²) in [5, 5.41) is 12.8. The average molecular weight is 509 g/mol. The van der Waals surface area contributed by atoms with Gasteiger partial charge in [0.2, 0.25) is 0 Å². The number of para-hydroxylation sites is 1. The number of fused-ring (bicyclic) bond motifs is 1. The Labute approximate surface area is 218 Å². The molecule has 38 heavy (non-hydrogen) atoms. The zero-order chi connectivity index (χ0) is 26.1. The highest BCUT2D eigenvalue weighted by Gasteiger charge is 2.36. The zero-order valence-corrected chi connectivity index (χ0v) is 20.7. The third-order valence-electron chi connectivity index (χ3n) is 6.79. The van der Waals surface area contributed by atoms with Crippen molar-refractivity contribution in [2.45, 2.75) is 31.7 Å². The molecule has 0 unspecified atom stereocenters. The summed E-state index contributed by atoms with van der Waals surface area (Å²) in [7, 11) is 0. The van der Waals surface area contributed by atoms with Crippen LogP contribution in [-0.2, 0) is 0 Å². The summed E-state index contributed by atoms with van der Waals surface area (Å²) >= 11 is 0. The van der Waals surface area contributed by atoms with Crippen LogP contribution in [0.4, 0.5) is 4.39 Å². The van der Waals surface area contributed by atoms with Crippen LogP contribution in [0.25, 0.3) is 28.1 Å². The third kappa shape index (κ3) is 4.36. The van der Waals surface area contributed by atoms with Crippen LogP contribution in [-0.4, -0.2) is 43.3 Å². The molecule has 0 bridgehead atoms. The lowest BCUT2D eigenvalue weighted by Crippen LogP contribution is -2.44. The Hall–Kier alpha value is -4.66. The molecule has 1 amide bonds. The van der Waals surface area contributed by atoms with Crippen LogP contribution in [0.15, 0.2) is 79.1 Å². The standard InChI is InChI=1S/C29H25FN6O2/c1-2-38-20-12-13-25(32-17-20)28-35-34-27(36(28)26-11-4-3-9-23(26)30)18-15-19(16-18)33-29(37)22-7-5-10-24-21(22)8-6-14-31-24/h3-14,17-19H,2,15-16H2,1H3,(H,33,37). The first-order valence-corrected chi connectivity index (χ1v) is 12.6. The Morgan fingerprint density at radius 1 is 1.03 bits per heavy atom. The fraction of sp³-hybridized carbons (Fsp3) is 0.207. The Bertz CT molecular complexity index is 1610. The van der Waals surface area contributed by atoms with Crippen molar-refractivity contribution in [3.05, 3.63) is 96.3 Å². The molecule has 0 spiro atoms. The zero-order valence-electron chi connectivity index (χ0n) is 20.7. The molecule has 1 saturated carbocycles. The molecular weight excluding hydrogens is 483 g/mol. The summed E-state index contributed by atoms with van der Waals surface area (Å²) in [5.41, 5.74) is 2.29. The van der Waals surface area contributed by atoms with Crippen molar-refractivity contribution in [1.29, 1.82) is 0 Å². The maximum Gasteiger partial charge on any atom is 0.252 e. The van der Waals surface area contributed by atoms with Gasteiger partial charge in [-0.1, -0.05) is 24.3 Å². The van der Waals surface area contributed by atoms with Crippen molar-refractivity contribution in [3.8, 4) is 23.0 Å². The van der Waals surface area contributed by atoms with Crippen LogP contribution in [0.2, 0.25) is 0 Å². The lowest BCUT2D eigenvalue weighted by Gasteiger charge is -2.35. The molecule has 1 aliphatic rings. The van der Waals surface area contributed by atoms with Gasteiger partial charge in [0.25, 0.3) is 5.91 Å². The monoisotopic (exact) mass is 508 g/mol. The molecule has 1 N–H and O–H groups in total. The van der Waals surface area contributed by atoms with E-state index in [1.165, 1.54) is 6.07 Å². The van der Waals surface area contributed by atoms with E-state index in [0.717, 1.165) is 10.9 Å². The van der Waals surface area contributed by atoms with Crippen LogP contribution in [0.1, 0.15) is 41.9 Å². The fourth-order valence-electron chi connectivity index (χ4n) is 4.87. The molecule has 9 heteroatoms. The number of halogens is 1. The third-order valence-corrected chi connectivity index (χ3v) is 6.79. The van der Waals surface area contributed by atoms with E-state index in [-0.39, 0.29) is 23.7 Å². The first-order valence-electron chi connectivity index (χ1n) is 12.6. The van der Waals surface area contributed by atoms with Gasteiger partial charge in [-0.2, -0.15) is 0 Å². The highest BCUT2D eigenvalue weighted by molar-refractivity contribution is 6.06. The van der Waals surface area contributed by atoms with E-state index in [1.807, 2.05) is 37.3 Å². The van der Waals surface area contributed by atoms with Gasteiger partial charge in [-0.05, 0) is 62.2 Å². The molecule has 1 fully saturated rings. The molecule has 3 heterocycles. The van der Waals surface area contributed by atoms with Crippen LogP contribution < -0.4 is 10.1 Å². The summed E-state index contributed by atoms with van der Waals surface area (Å²) in [6, 6.07) is 19.4. The van der Waals surface area contributed by atoms with Gasteiger partial charge in [-0.25, -0.2) is 9.37 Å². The van der Waals surface area contributed by atoms with Crippen molar-refractivity contribution >= 4 is 16.8 Å². The van der Waals surface area contributed by atoms with Crippen molar-refractivity contribution in [1.82, 2.24) is 30.0 Å². The van der Waals surface area contributed by atoms with Gasteiger partial charge in [0.1, 0.15) is 23.1 Å². The van der Waals surface area contributed by atoms with Gasteiger partial charge in [0.05, 0.1) is 24.0 Å². The average Bonchev–Trinajstić information content (AvgIpc) is 3.35. The number of rotatable bonds is 7. The Kier molecular flexibility index (Phi) is 6.25. The first kappa shape index (κ1) is 23.7. The maximum atomic E-state index is 15.0. The van der Waals surface area contributed by atoms with Crippen molar-refractivity contribution in [3.63, 3.8) is 0 Å². The fourth-order valence-corrected chi connectivity index (χ4v) is 4.87. The van der Waals surface area contributed by atoms with E-state index < -0.39 is 0 Å². The highest BCUT2D eigenvalue weighted by atomic mass is 19.1. The van der Waals surface area contributed by atoms with E-state index in [2.05, 4.69) is 25.5 Å². The van der Waals surface area contributed by atoms with E-state index in [4.69, 9.17) is 4.74 Å². The number of nitrogens with zero attached hydrogens (tertiary/aromatic N) is 5. The molecule has 2 aromatic carbocycles. The minimum atomic E-state index is -0.380. The molecule has 6 rings (SSSR count). The molecule has 0 atom stereocenters. The minimum Gasteiger partial charge on any atom is -0.492 e. The molecule has 5 aromatic rings. The second-order valence-corrected chi connectivity index (χ2v) is 9.20. The number of amides is 1. The van der Waals surface area contributed by atoms with E-state index in [0.29, 0.717) is 53.8 Å². The van der Waals surface area contributed by atoms with Gasteiger partial charge in [0.15, 0.2) is 5.82 Å². The van der Waals surface area contributed by atoms with Gasteiger partial charge in [0, 0.05) is 29.1 Å². The highest BCUT2D eigenvalue weighted by Crippen LogP contribution is 2.39. The summed E-state index contributed by atoms with van der Waals surface area (Å²) in [5.74, 6) is 1.21. The smallest absolute Gasteiger partial charge is 0.252 e. The second-order valence-electron chi connectivity index (χ2n) is 9.20. The number of carbonyl (C=O) groups is 1. The summed E-state index contributed by atoms with van der Waals surface area (Å²) < 4.78 is 22.2. The van der Waals surface area contributed by atoms with Gasteiger partial charge in [-0.3, -0.25) is 14.3 Å². The van der Waals surface area contributed by atoms with Crippen molar-refractivity contribution in [2.24, 2.45) is 0 Å². The topological polar surface area (TPSA) is 94.8 Å². The SMILES string of the molecule is CCOc1ccc(-c2nnc(C3CC(NC(=O)c4cccc5ncccc45)C3)n2-c2ccccc2F)nc1. The van der Waals surface area contributed by atoms with E-state index in [9.17, 15) is 9.18 Å². The Morgan fingerprint density at radius 3 is 2.68 bits per heavy atom. The summed E-state index contributed by atoms with van der Waals surface area (Å²) in [6.45, 7) is 2.44. The number of ether oxygens (including phenoxy) is 1. The number of pyridine rings is 2. The number of aromatic nitrogens is 5. The first-order chi connectivity index (χ1) is 18.6. The molecule has 8 nitrogen and oxygen atoms in total. The number of carbonyl (C=O) groups excluding carboxylic acids is 1. The molecule has 0 radical (unpaired) electrons. The molecule has 0 saturated heterocycles. The number of benzene rings is 2. The normalized spacial score (nSPS) is 16.7. The second kappa shape index (κ2) is 10.0. The van der Waals surface area contributed by atoms with Gasteiger partial charge in [-0.15, -0.1) is 10.2 Å². The molecule has 190 valence electrons. The largest absolute Gasteiger partial charge is 0.492 e. The van der Waals surface area contributed by atoms with Crippen LogP contribution in [0.5, 0.6) is 5.75 Å². The lowest BCUT2D eigenvalue weighted by atomic mass is 9.79.